The number of hydrogen-bond donors (Lipinski definition) is 2. The van der Waals surface area contributed by atoms with E-state index in [1.807, 2.05) is 6.07 Å². The Hall–Kier alpha value is -3.75. The number of methoxy groups -OCH3 is 2. The molecule has 0 aliphatic heterocycles. The minimum absolute atomic E-state index is 0.372. The van der Waals surface area contributed by atoms with E-state index in [0.717, 1.165) is 10.5 Å². The number of H-pyrrole nitrogens is 1. The van der Waals surface area contributed by atoms with Crippen molar-refractivity contribution in [2.75, 3.05) is 38.1 Å². The number of aryl methyl sites for hydroxylation is 1. The largest absolute Gasteiger partial charge is 0.493 e. The summed E-state index contributed by atoms with van der Waals surface area (Å²) < 4.78 is 10.8. The van der Waals surface area contributed by atoms with Gasteiger partial charge in [-0.25, -0.2) is 4.79 Å². The molecule has 0 aliphatic carbocycles. The van der Waals surface area contributed by atoms with Gasteiger partial charge in [-0.3, -0.25) is 9.69 Å². The van der Waals surface area contributed by atoms with Crippen LogP contribution in [0.25, 0.3) is 10.9 Å². The molecule has 30 heavy (non-hydrogen) atoms. The summed E-state index contributed by atoms with van der Waals surface area (Å²) in [6, 6.07) is 8.88. The molecule has 0 spiro atoms. The number of hydrogen-bond acceptors (Lipinski definition) is 6. The minimum Gasteiger partial charge on any atom is -0.493 e. The zero-order valence-electron chi connectivity index (χ0n) is 17.5. The first kappa shape index (κ1) is 21.0. The summed E-state index contributed by atoms with van der Waals surface area (Å²) in [5.41, 5.74) is 2.30. The number of aromatic amines is 1. The first-order valence-electron chi connectivity index (χ1n) is 9.19. The van der Waals surface area contributed by atoms with Gasteiger partial charge in [-0.15, -0.1) is 0 Å². The molecule has 2 aromatic carbocycles. The zero-order valence-corrected chi connectivity index (χ0v) is 17.5. The fourth-order valence-electron chi connectivity index (χ4n) is 3.35. The third-order valence-corrected chi connectivity index (χ3v) is 4.94. The quantitative estimate of drug-likeness (QED) is 0.641. The van der Waals surface area contributed by atoms with Crippen LogP contribution in [0, 0.1) is 6.92 Å². The van der Waals surface area contributed by atoms with Crippen molar-refractivity contribution in [2.24, 2.45) is 0 Å². The van der Waals surface area contributed by atoms with Gasteiger partial charge in [0.25, 0.3) is 5.56 Å². The second-order valence-electron chi connectivity index (χ2n) is 6.89. The molecule has 1 amide bonds. The average molecular weight is 412 g/mol. The number of ether oxygens (including phenoxy) is 2. The molecule has 2 N–H and O–H groups in total. The van der Waals surface area contributed by atoms with Crippen LogP contribution in [0.15, 0.2) is 35.1 Å². The molecular weight excluding hydrogens is 388 g/mol. The van der Waals surface area contributed by atoms with E-state index in [0.29, 0.717) is 46.1 Å². The maximum absolute atomic E-state index is 12.7. The van der Waals surface area contributed by atoms with Gasteiger partial charge in [0, 0.05) is 38.0 Å². The van der Waals surface area contributed by atoms with Crippen molar-refractivity contribution < 1.29 is 19.4 Å². The summed E-state index contributed by atoms with van der Waals surface area (Å²) in [5.74, 6) is 1.40. The van der Waals surface area contributed by atoms with Crippen LogP contribution in [0.4, 0.5) is 16.4 Å². The molecule has 0 radical (unpaired) electrons. The molecule has 0 saturated heterocycles. The lowest BCUT2D eigenvalue weighted by Crippen LogP contribution is -2.25. The van der Waals surface area contributed by atoms with Crippen LogP contribution in [0.5, 0.6) is 11.5 Å². The second-order valence-corrected chi connectivity index (χ2v) is 6.89. The fraction of sp³-hybridized carbons (Fsp3) is 0.286. The Kier molecular flexibility index (Phi) is 5.81. The number of rotatable bonds is 6. The Labute approximate surface area is 173 Å². The Morgan fingerprint density at radius 3 is 2.57 bits per heavy atom. The SMILES string of the molecule is COc1cc2[nH]c(N(C)Cc3cccc(N(C)C(=O)O)c3)nc(=O)c2c(C)c1OC. The molecule has 1 aromatic heterocycles. The van der Waals surface area contributed by atoms with Crippen LogP contribution in [-0.2, 0) is 6.54 Å². The second kappa shape index (κ2) is 8.32. The third-order valence-electron chi connectivity index (χ3n) is 4.94. The van der Waals surface area contributed by atoms with Crippen LogP contribution in [-0.4, -0.2) is 49.5 Å². The molecule has 0 bridgehead atoms. The predicted molar refractivity (Wildman–Crippen MR) is 115 cm³/mol. The molecule has 0 atom stereocenters. The first-order chi connectivity index (χ1) is 14.3. The average Bonchev–Trinajstić information content (AvgIpc) is 2.72. The van der Waals surface area contributed by atoms with Crippen molar-refractivity contribution in [1.82, 2.24) is 9.97 Å². The lowest BCUT2D eigenvalue weighted by molar-refractivity contribution is 0.203. The van der Waals surface area contributed by atoms with E-state index in [2.05, 4.69) is 9.97 Å². The van der Waals surface area contributed by atoms with Crippen molar-refractivity contribution >= 4 is 28.6 Å². The van der Waals surface area contributed by atoms with Crippen LogP contribution in [0.2, 0.25) is 0 Å². The van der Waals surface area contributed by atoms with Crippen molar-refractivity contribution in [2.45, 2.75) is 13.5 Å². The van der Waals surface area contributed by atoms with E-state index in [1.54, 1.807) is 43.1 Å². The monoisotopic (exact) mass is 412 g/mol. The van der Waals surface area contributed by atoms with Gasteiger partial charge in [-0.2, -0.15) is 4.98 Å². The summed E-state index contributed by atoms with van der Waals surface area (Å²) >= 11 is 0. The van der Waals surface area contributed by atoms with Crippen molar-refractivity contribution in [1.29, 1.82) is 0 Å². The van der Waals surface area contributed by atoms with Crippen LogP contribution in [0.3, 0.4) is 0 Å². The summed E-state index contributed by atoms with van der Waals surface area (Å²) in [5, 5.41) is 9.61. The van der Waals surface area contributed by atoms with Gasteiger partial charge in [-0.1, -0.05) is 12.1 Å². The molecule has 0 fully saturated rings. The standard InChI is InChI=1S/C21H24N4O5/c1-12-17-15(10-16(29-4)18(12)30-5)22-20(23-19(17)26)24(2)11-13-7-6-8-14(9-13)25(3)21(27)28/h6-10H,11H2,1-5H3,(H,27,28)(H,22,23,26). The van der Waals surface area contributed by atoms with Gasteiger partial charge in [0.05, 0.1) is 25.1 Å². The molecule has 0 saturated carbocycles. The highest BCUT2D eigenvalue weighted by atomic mass is 16.5. The lowest BCUT2D eigenvalue weighted by Gasteiger charge is -2.20. The minimum atomic E-state index is -1.04. The fourth-order valence-corrected chi connectivity index (χ4v) is 3.35. The van der Waals surface area contributed by atoms with E-state index < -0.39 is 6.09 Å². The topological polar surface area (TPSA) is 108 Å². The number of nitrogens with zero attached hydrogens (tertiary/aromatic N) is 3. The number of carboxylic acid groups (broad SMARTS) is 1. The Morgan fingerprint density at radius 1 is 1.20 bits per heavy atom. The Morgan fingerprint density at radius 2 is 1.93 bits per heavy atom. The number of anilines is 2. The van der Waals surface area contributed by atoms with E-state index in [-0.39, 0.29) is 5.56 Å². The number of aromatic nitrogens is 2. The number of carbonyl (C=O) groups is 1. The Bertz CT molecular complexity index is 1160. The normalized spacial score (nSPS) is 10.7. The molecule has 9 heteroatoms. The molecule has 0 unspecified atom stereocenters. The van der Waals surface area contributed by atoms with Gasteiger partial charge in [0.2, 0.25) is 5.95 Å². The van der Waals surface area contributed by atoms with Crippen molar-refractivity contribution in [3.8, 4) is 11.5 Å². The molecule has 0 aliphatic rings. The third kappa shape index (κ3) is 3.86. The number of amides is 1. The molecule has 158 valence electrons. The van der Waals surface area contributed by atoms with Crippen LogP contribution in [0.1, 0.15) is 11.1 Å². The van der Waals surface area contributed by atoms with E-state index in [4.69, 9.17) is 14.6 Å². The van der Waals surface area contributed by atoms with Crippen LogP contribution < -0.4 is 24.8 Å². The van der Waals surface area contributed by atoms with E-state index >= 15 is 0 Å². The van der Waals surface area contributed by atoms with Gasteiger partial charge in [0.15, 0.2) is 11.5 Å². The number of nitrogens with one attached hydrogen (secondary N) is 1. The summed E-state index contributed by atoms with van der Waals surface area (Å²) in [7, 11) is 6.34. The maximum atomic E-state index is 12.7. The summed E-state index contributed by atoms with van der Waals surface area (Å²) in [6.45, 7) is 2.20. The van der Waals surface area contributed by atoms with Gasteiger partial charge in [-0.05, 0) is 24.6 Å². The van der Waals surface area contributed by atoms with E-state index in [1.165, 1.54) is 21.3 Å². The number of fused-ring (bicyclic) bond motifs is 1. The number of benzene rings is 2. The smallest absolute Gasteiger partial charge is 0.411 e. The van der Waals surface area contributed by atoms with Crippen molar-refractivity contribution in [3.05, 3.63) is 51.8 Å². The lowest BCUT2D eigenvalue weighted by atomic mass is 10.1. The molecule has 3 rings (SSSR count). The van der Waals surface area contributed by atoms with E-state index in [9.17, 15) is 9.59 Å². The molecular formula is C21H24N4O5. The predicted octanol–water partition coefficient (Wildman–Crippen LogP) is 3.00. The molecule has 9 nitrogen and oxygen atoms in total. The zero-order chi connectivity index (χ0) is 22.0. The van der Waals surface area contributed by atoms with Gasteiger partial charge in [0.1, 0.15) is 0 Å². The van der Waals surface area contributed by atoms with Crippen LogP contribution >= 0.6 is 0 Å². The van der Waals surface area contributed by atoms with Gasteiger partial charge < -0.3 is 24.5 Å². The molecule has 3 aromatic rings. The summed E-state index contributed by atoms with van der Waals surface area (Å²) in [6.07, 6.45) is -1.04. The molecule has 1 heterocycles. The van der Waals surface area contributed by atoms with Gasteiger partial charge >= 0.3 is 6.09 Å². The summed E-state index contributed by atoms with van der Waals surface area (Å²) in [4.78, 5) is 34.2. The maximum Gasteiger partial charge on any atom is 0.411 e. The first-order valence-corrected chi connectivity index (χ1v) is 9.19. The highest BCUT2D eigenvalue weighted by molar-refractivity contribution is 5.87. The highest BCUT2D eigenvalue weighted by Crippen LogP contribution is 2.35. The Balaban J connectivity index is 1.98. The highest BCUT2D eigenvalue weighted by Gasteiger charge is 2.17. The van der Waals surface area contributed by atoms with Crippen molar-refractivity contribution in [3.63, 3.8) is 0 Å².